The molecule has 2 atom stereocenters. The normalized spacial score (nSPS) is 39.4. The molecule has 0 aromatic carbocycles. The predicted molar refractivity (Wildman–Crippen MR) is 54.6 cm³/mol. The molecule has 0 radical (unpaired) electrons. The van der Waals surface area contributed by atoms with E-state index in [-0.39, 0.29) is 0 Å². The van der Waals surface area contributed by atoms with Gasteiger partial charge in [-0.3, -0.25) is 0 Å². The molecule has 0 aromatic rings. The highest BCUT2D eigenvalue weighted by Crippen LogP contribution is 2.30. The van der Waals surface area contributed by atoms with Crippen LogP contribution < -0.4 is 0 Å². The zero-order chi connectivity index (χ0) is 8.93. The molecule has 1 nitrogen and oxygen atoms in total. The quantitative estimate of drug-likeness (QED) is 0.410. The van der Waals surface area contributed by atoms with Crippen LogP contribution in [0, 0.1) is 0 Å². The minimum atomic E-state index is 0.581. The molecule has 1 heteroatoms. The van der Waals surface area contributed by atoms with Crippen LogP contribution in [-0.4, -0.2) is 12.2 Å². The first kappa shape index (κ1) is 9.01. The molecule has 1 aliphatic carbocycles. The van der Waals surface area contributed by atoms with Crippen molar-refractivity contribution in [2.24, 2.45) is 0 Å². The fourth-order valence-electron chi connectivity index (χ4n) is 1.87. The van der Waals surface area contributed by atoms with Crippen molar-refractivity contribution >= 4 is 0 Å². The van der Waals surface area contributed by atoms with Gasteiger partial charge in [-0.25, -0.2) is 0 Å². The SMILES string of the molecule is C1=C\CC[C@@H]2O[C@H]2CC/C=C\CC/1. The Balaban J connectivity index is 1.80. The molecule has 0 spiro atoms. The molecule has 1 heterocycles. The molecule has 72 valence electrons. The lowest BCUT2D eigenvalue weighted by atomic mass is 10.1. The van der Waals surface area contributed by atoms with Gasteiger partial charge in [-0.05, 0) is 38.5 Å². The van der Waals surface area contributed by atoms with Gasteiger partial charge in [0.05, 0.1) is 12.2 Å². The molecule has 1 aliphatic heterocycles. The summed E-state index contributed by atoms with van der Waals surface area (Å²) in [5.41, 5.74) is 0. The van der Waals surface area contributed by atoms with Crippen LogP contribution in [0.4, 0.5) is 0 Å². The van der Waals surface area contributed by atoms with Gasteiger partial charge < -0.3 is 4.74 Å². The highest BCUT2D eigenvalue weighted by atomic mass is 16.6. The molecule has 0 N–H and O–H groups in total. The second kappa shape index (κ2) is 4.61. The monoisotopic (exact) mass is 178 g/mol. The van der Waals surface area contributed by atoms with Gasteiger partial charge in [0.2, 0.25) is 0 Å². The van der Waals surface area contributed by atoms with E-state index in [4.69, 9.17) is 4.74 Å². The van der Waals surface area contributed by atoms with Gasteiger partial charge in [0.25, 0.3) is 0 Å². The lowest BCUT2D eigenvalue weighted by Gasteiger charge is -1.94. The second-order valence-corrected chi connectivity index (χ2v) is 3.89. The van der Waals surface area contributed by atoms with E-state index >= 15 is 0 Å². The minimum absolute atomic E-state index is 0.581. The second-order valence-electron chi connectivity index (χ2n) is 3.89. The van der Waals surface area contributed by atoms with Gasteiger partial charge in [-0.2, -0.15) is 0 Å². The summed E-state index contributed by atoms with van der Waals surface area (Å²) in [7, 11) is 0. The highest BCUT2D eigenvalue weighted by molar-refractivity contribution is 4.94. The van der Waals surface area contributed by atoms with Crippen LogP contribution >= 0.6 is 0 Å². The van der Waals surface area contributed by atoms with Crippen LogP contribution in [0.1, 0.15) is 38.5 Å². The molecular formula is C12H18O. The Kier molecular flexibility index (Phi) is 3.20. The third-order valence-corrected chi connectivity index (χ3v) is 2.76. The summed E-state index contributed by atoms with van der Waals surface area (Å²) in [6.45, 7) is 0. The third-order valence-electron chi connectivity index (χ3n) is 2.76. The fourth-order valence-corrected chi connectivity index (χ4v) is 1.87. The molecule has 2 rings (SSSR count). The number of rotatable bonds is 0. The summed E-state index contributed by atoms with van der Waals surface area (Å²) in [5.74, 6) is 0. The van der Waals surface area contributed by atoms with E-state index < -0.39 is 0 Å². The van der Waals surface area contributed by atoms with Crippen LogP contribution in [0.5, 0.6) is 0 Å². The van der Waals surface area contributed by atoms with Crippen LogP contribution in [0.3, 0.4) is 0 Å². The summed E-state index contributed by atoms with van der Waals surface area (Å²) >= 11 is 0. The summed E-state index contributed by atoms with van der Waals surface area (Å²) in [5, 5.41) is 0. The van der Waals surface area contributed by atoms with E-state index in [0.717, 1.165) is 0 Å². The Morgan fingerprint density at radius 3 is 1.69 bits per heavy atom. The van der Waals surface area contributed by atoms with Crippen molar-refractivity contribution in [3.05, 3.63) is 24.3 Å². The average Bonchev–Trinajstić information content (AvgIpc) is 2.83. The first-order chi connectivity index (χ1) is 6.47. The van der Waals surface area contributed by atoms with E-state index in [0.29, 0.717) is 12.2 Å². The summed E-state index contributed by atoms with van der Waals surface area (Å²) < 4.78 is 5.56. The van der Waals surface area contributed by atoms with Gasteiger partial charge in [-0.15, -0.1) is 0 Å². The molecule has 2 aliphatic rings. The van der Waals surface area contributed by atoms with Crippen LogP contribution in [0.2, 0.25) is 0 Å². The molecule has 13 heavy (non-hydrogen) atoms. The van der Waals surface area contributed by atoms with E-state index in [1.54, 1.807) is 0 Å². The number of allylic oxidation sites excluding steroid dienone is 4. The standard InChI is InChI=1S/C12H18O/c1-2-4-6-8-10-12-11(13-12)9-7-5-3-1/h3-6,11-12H,1-2,7-10H2/b5-3-,6-4-/t11-,12-/m0/s1. The summed E-state index contributed by atoms with van der Waals surface area (Å²) in [6.07, 6.45) is 17.6. The van der Waals surface area contributed by atoms with E-state index in [2.05, 4.69) is 24.3 Å². The lowest BCUT2D eigenvalue weighted by molar-refractivity contribution is 0.357. The maximum atomic E-state index is 5.56. The van der Waals surface area contributed by atoms with Crippen molar-refractivity contribution < 1.29 is 4.74 Å². The van der Waals surface area contributed by atoms with Gasteiger partial charge in [-0.1, -0.05) is 24.3 Å². The van der Waals surface area contributed by atoms with E-state index in [1.807, 2.05) is 0 Å². The Morgan fingerprint density at radius 1 is 0.692 bits per heavy atom. The third kappa shape index (κ3) is 3.00. The zero-order valence-electron chi connectivity index (χ0n) is 8.11. The first-order valence-electron chi connectivity index (χ1n) is 5.42. The summed E-state index contributed by atoms with van der Waals surface area (Å²) in [6, 6.07) is 0. The Bertz CT molecular complexity index is 183. The fraction of sp³-hybridized carbons (Fsp3) is 0.667. The minimum Gasteiger partial charge on any atom is -0.370 e. The Labute approximate surface area is 80.5 Å². The number of ether oxygens (including phenoxy) is 1. The van der Waals surface area contributed by atoms with Gasteiger partial charge >= 0.3 is 0 Å². The summed E-state index contributed by atoms with van der Waals surface area (Å²) in [4.78, 5) is 0. The largest absolute Gasteiger partial charge is 0.370 e. The maximum Gasteiger partial charge on any atom is 0.0845 e. The van der Waals surface area contributed by atoms with Gasteiger partial charge in [0.15, 0.2) is 0 Å². The molecular weight excluding hydrogens is 160 g/mol. The van der Waals surface area contributed by atoms with Crippen LogP contribution in [0.25, 0.3) is 0 Å². The van der Waals surface area contributed by atoms with Crippen molar-refractivity contribution in [1.82, 2.24) is 0 Å². The number of epoxide rings is 1. The van der Waals surface area contributed by atoms with Crippen LogP contribution in [-0.2, 0) is 4.74 Å². The van der Waals surface area contributed by atoms with E-state index in [1.165, 1.54) is 38.5 Å². The Hall–Kier alpha value is -0.560. The molecule has 0 bridgehead atoms. The van der Waals surface area contributed by atoms with Gasteiger partial charge in [0, 0.05) is 0 Å². The average molecular weight is 178 g/mol. The molecule has 0 unspecified atom stereocenters. The predicted octanol–water partition coefficient (Wildman–Crippen LogP) is 3.22. The maximum absolute atomic E-state index is 5.56. The topological polar surface area (TPSA) is 12.5 Å². The molecule has 1 fully saturated rings. The molecule has 0 amide bonds. The number of fused-ring (bicyclic) bond motifs is 1. The van der Waals surface area contributed by atoms with Crippen molar-refractivity contribution in [2.75, 3.05) is 0 Å². The smallest absolute Gasteiger partial charge is 0.0845 e. The molecule has 0 saturated carbocycles. The van der Waals surface area contributed by atoms with Gasteiger partial charge in [0.1, 0.15) is 0 Å². The number of hydrogen-bond donors (Lipinski definition) is 0. The molecule has 0 aromatic heterocycles. The van der Waals surface area contributed by atoms with Crippen molar-refractivity contribution in [2.45, 2.75) is 50.7 Å². The lowest BCUT2D eigenvalue weighted by Crippen LogP contribution is -1.93. The van der Waals surface area contributed by atoms with Crippen LogP contribution in [0.15, 0.2) is 24.3 Å². The molecule has 1 saturated heterocycles. The number of hydrogen-bond acceptors (Lipinski definition) is 1. The first-order valence-corrected chi connectivity index (χ1v) is 5.42. The highest BCUT2D eigenvalue weighted by Gasteiger charge is 2.36. The van der Waals surface area contributed by atoms with Crippen molar-refractivity contribution in [1.29, 1.82) is 0 Å². The zero-order valence-corrected chi connectivity index (χ0v) is 8.11. The Morgan fingerprint density at radius 2 is 1.15 bits per heavy atom. The van der Waals surface area contributed by atoms with Crippen molar-refractivity contribution in [3.63, 3.8) is 0 Å². The van der Waals surface area contributed by atoms with E-state index in [9.17, 15) is 0 Å². The van der Waals surface area contributed by atoms with Crippen molar-refractivity contribution in [3.8, 4) is 0 Å².